The Balaban J connectivity index is 0.00000324. The third-order valence-corrected chi connectivity index (χ3v) is 7.91. The minimum atomic E-state index is -0.0708. The Morgan fingerprint density at radius 3 is 2.59 bits per heavy atom. The fourth-order valence-corrected chi connectivity index (χ4v) is 5.79. The molecule has 0 radical (unpaired) electrons. The lowest BCUT2D eigenvalue weighted by atomic mass is 10.2. The first-order chi connectivity index (χ1) is 16.0. The number of halogens is 2. The number of ether oxygens (including phenoxy) is 2. The second kappa shape index (κ2) is 12.4. The molecule has 4 rings (SSSR count). The van der Waals surface area contributed by atoms with Gasteiger partial charge in [-0.05, 0) is 36.4 Å². The van der Waals surface area contributed by atoms with Gasteiger partial charge in [0, 0.05) is 41.9 Å². The number of amides is 1. The molecular weight excluding hydrogens is 513 g/mol. The van der Waals surface area contributed by atoms with Crippen LogP contribution in [0.25, 0.3) is 10.2 Å². The number of methoxy groups -OCH3 is 1. The van der Waals surface area contributed by atoms with Gasteiger partial charge in [-0.1, -0.05) is 36.8 Å². The number of carbonyl (C=O) groups is 1. The van der Waals surface area contributed by atoms with Crippen molar-refractivity contribution in [3.63, 3.8) is 0 Å². The van der Waals surface area contributed by atoms with Gasteiger partial charge in [0.05, 0.1) is 30.0 Å². The number of thioether (sulfide) groups is 1. The third-order valence-electron chi connectivity index (χ3n) is 5.36. The Hall–Kier alpha value is -1.55. The number of nitrogens with zero attached hydrogens (tertiary/aromatic N) is 3. The fourth-order valence-electron chi connectivity index (χ4n) is 3.68. The lowest BCUT2D eigenvalue weighted by Gasteiger charge is -2.29. The van der Waals surface area contributed by atoms with E-state index in [0.29, 0.717) is 38.8 Å². The van der Waals surface area contributed by atoms with Gasteiger partial charge in [-0.2, -0.15) is 0 Å². The van der Waals surface area contributed by atoms with E-state index in [0.717, 1.165) is 42.4 Å². The molecule has 6 nitrogen and oxygen atoms in total. The van der Waals surface area contributed by atoms with E-state index < -0.39 is 0 Å². The van der Waals surface area contributed by atoms with Crippen LogP contribution in [0.5, 0.6) is 5.75 Å². The highest BCUT2D eigenvalue weighted by molar-refractivity contribution is 7.99. The Bertz CT molecular complexity index is 1100. The molecule has 3 aromatic rings. The van der Waals surface area contributed by atoms with Crippen molar-refractivity contribution in [3.05, 3.63) is 47.0 Å². The van der Waals surface area contributed by atoms with Crippen molar-refractivity contribution in [2.75, 3.05) is 51.4 Å². The van der Waals surface area contributed by atoms with Crippen LogP contribution in [0, 0.1) is 0 Å². The molecule has 1 aliphatic heterocycles. The van der Waals surface area contributed by atoms with Crippen molar-refractivity contribution >= 4 is 68.4 Å². The van der Waals surface area contributed by atoms with Crippen molar-refractivity contribution < 1.29 is 14.3 Å². The molecule has 0 N–H and O–H groups in total. The van der Waals surface area contributed by atoms with E-state index in [9.17, 15) is 4.79 Å². The summed E-state index contributed by atoms with van der Waals surface area (Å²) in [5, 5.41) is 1.71. The van der Waals surface area contributed by atoms with Gasteiger partial charge in [0.15, 0.2) is 5.13 Å². The quantitative estimate of drug-likeness (QED) is 0.333. The summed E-state index contributed by atoms with van der Waals surface area (Å²) in [5.74, 6) is 0.575. The van der Waals surface area contributed by atoms with E-state index >= 15 is 0 Å². The second-order valence-electron chi connectivity index (χ2n) is 8.03. The first-order valence-corrected chi connectivity index (χ1v) is 13.1. The van der Waals surface area contributed by atoms with Gasteiger partial charge in [-0.3, -0.25) is 14.6 Å². The van der Waals surface area contributed by atoms with Crippen LogP contribution in [0.3, 0.4) is 0 Å². The minimum absolute atomic E-state index is 0. The number of anilines is 1. The molecule has 0 unspecified atom stereocenters. The molecule has 2 heterocycles. The summed E-state index contributed by atoms with van der Waals surface area (Å²) in [6.45, 7) is 8.75. The summed E-state index contributed by atoms with van der Waals surface area (Å²) in [5.41, 5.74) is 1.32. The van der Waals surface area contributed by atoms with Gasteiger partial charge in [0.2, 0.25) is 0 Å². The molecule has 0 aliphatic carbocycles. The second-order valence-corrected chi connectivity index (χ2v) is 11.1. The van der Waals surface area contributed by atoms with E-state index in [1.54, 1.807) is 35.9 Å². The molecule has 10 heteroatoms. The van der Waals surface area contributed by atoms with Crippen LogP contribution < -0.4 is 9.64 Å². The summed E-state index contributed by atoms with van der Waals surface area (Å²) in [6, 6.07) is 11.4. The van der Waals surface area contributed by atoms with Gasteiger partial charge in [-0.25, -0.2) is 4.98 Å². The number of fused-ring (bicyclic) bond motifs is 1. The molecule has 2 aromatic carbocycles. The molecule has 1 amide bonds. The third kappa shape index (κ3) is 6.36. The van der Waals surface area contributed by atoms with Crippen molar-refractivity contribution in [2.24, 2.45) is 0 Å². The molecule has 0 spiro atoms. The van der Waals surface area contributed by atoms with Gasteiger partial charge in [0.1, 0.15) is 11.3 Å². The maximum absolute atomic E-state index is 13.6. The number of aromatic nitrogens is 1. The van der Waals surface area contributed by atoms with Crippen LogP contribution >= 0.6 is 47.1 Å². The zero-order valence-electron chi connectivity index (χ0n) is 19.5. The van der Waals surface area contributed by atoms with E-state index in [2.05, 4.69) is 18.7 Å². The predicted molar refractivity (Wildman–Crippen MR) is 145 cm³/mol. The number of benzene rings is 2. The molecular formula is C24H29Cl2N3O3S2. The SMILES string of the molecule is COc1ccc(Cl)c2sc(N(CCN3CCOCC3)C(=O)c3ccc(SC(C)C)cc3)nc12.Cl. The zero-order valence-corrected chi connectivity index (χ0v) is 22.7. The van der Waals surface area contributed by atoms with E-state index in [4.69, 9.17) is 26.1 Å². The normalized spacial score (nSPS) is 14.3. The average molecular weight is 543 g/mol. The highest BCUT2D eigenvalue weighted by Crippen LogP contribution is 2.39. The van der Waals surface area contributed by atoms with Gasteiger partial charge in [-0.15, -0.1) is 24.2 Å². The van der Waals surface area contributed by atoms with Crippen LogP contribution in [0.4, 0.5) is 5.13 Å². The Kier molecular flexibility index (Phi) is 9.88. The smallest absolute Gasteiger partial charge is 0.260 e. The number of thiazole rings is 1. The highest BCUT2D eigenvalue weighted by atomic mass is 35.5. The molecule has 1 saturated heterocycles. The van der Waals surface area contributed by atoms with Gasteiger partial charge < -0.3 is 9.47 Å². The van der Waals surface area contributed by atoms with Crippen LogP contribution in [0.1, 0.15) is 24.2 Å². The van der Waals surface area contributed by atoms with E-state index in [-0.39, 0.29) is 18.3 Å². The number of morpholine rings is 1. The van der Waals surface area contributed by atoms with Crippen molar-refractivity contribution in [2.45, 2.75) is 24.0 Å². The zero-order chi connectivity index (χ0) is 23.4. The lowest BCUT2D eigenvalue weighted by molar-refractivity contribution is 0.0391. The molecule has 1 aromatic heterocycles. The molecule has 1 fully saturated rings. The van der Waals surface area contributed by atoms with Crippen LogP contribution in [0.15, 0.2) is 41.3 Å². The van der Waals surface area contributed by atoms with Crippen LogP contribution in [-0.2, 0) is 4.74 Å². The topological polar surface area (TPSA) is 54.9 Å². The molecule has 0 bridgehead atoms. The Morgan fingerprint density at radius 1 is 1.24 bits per heavy atom. The minimum Gasteiger partial charge on any atom is -0.494 e. The number of carbonyl (C=O) groups excluding carboxylic acids is 1. The van der Waals surface area contributed by atoms with E-state index in [1.807, 2.05) is 24.3 Å². The van der Waals surface area contributed by atoms with Crippen molar-refractivity contribution in [3.8, 4) is 5.75 Å². The average Bonchev–Trinajstić information content (AvgIpc) is 3.26. The summed E-state index contributed by atoms with van der Waals surface area (Å²) in [7, 11) is 1.61. The maximum Gasteiger partial charge on any atom is 0.260 e. The fraction of sp³-hybridized carbons (Fsp3) is 0.417. The Morgan fingerprint density at radius 2 is 1.94 bits per heavy atom. The van der Waals surface area contributed by atoms with Crippen LogP contribution in [0.2, 0.25) is 5.02 Å². The van der Waals surface area contributed by atoms with Gasteiger partial charge in [0.25, 0.3) is 5.91 Å². The lowest BCUT2D eigenvalue weighted by Crippen LogP contribution is -2.43. The van der Waals surface area contributed by atoms with Crippen molar-refractivity contribution in [1.29, 1.82) is 0 Å². The molecule has 0 atom stereocenters. The first kappa shape index (κ1) is 27.0. The first-order valence-electron chi connectivity index (χ1n) is 11.0. The predicted octanol–water partition coefficient (Wildman–Crippen LogP) is 5.86. The molecule has 34 heavy (non-hydrogen) atoms. The number of hydrogen-bond donors (Lipinski definition) is 0. The largest absolute Gasteiger partial charge is 0.494 e. The molecule has 0 saturated carbocycles. The maximum atomic E-state index is 13.6. The summed E-state index contributed by atoms with van der Waals surface area (Å²) in [6.07, 6.45) is 0. The summed E-state index contributed by atoms with van der Waals surface area (Å²) >= 11 is 9.64. The Labute approximate surface area is 220 Å². The summed E-state index contributed by atoms with van der Waals surface area (Å²) in [4.78, 5) is 23.7. The monoisotopic (exact) mass is 541 g/mol. The van der Waals surface area contributed by atoms with Gasteiger partial charge >= 0.3 is 0 Å². The number of rotatable bonds is 8. The van der Waals surface area contributed by atoms with E-state index in [1.165, 1.54) is 11.3 Å². The summed E-state index contributed by atoms with van der Waals surface area (Å²) < 4.78 is 11.8. The van der Waals surface area contributed by atoms with Crippen LogP contribution in [-0.4, -0.2) is 67.5 Å². The molecule has 184 valence electrons. The van der Waals surface area contributed by atoms with Crippen molar-refractivity contribution in [1.82, 2.24) is 9.88 Å². The number of hydrogen-bond acceptors (Lipinski definition) is 7. The molecule has 1 aliphatic rings. The highest BCUT2D eigenvalue weighted by Gasteiger charge is 2.24. The standard InChI is InChI=1S/C24H28ClN3O3S2.ClH/c1-16(2)32-18-6-4-17(5-7-18)23(29)28(11-10-27-12-14-31-15-13-27)24-26-21-20(30-3)9-8-19(25)22(21)33-24;/h4-9,16H,10-15H2,1-3H3;1H.